The third-order valence-corrected chi connectivity index (χ3v) is 4.35. The van der Waals surface area contributed by atoms with E-state index in [4.69, 9.17) is 10.2 Å². The second kappa shape index (κ2) is 5.32. The van der Waals surface area contributed by atoms with E-state index in [9.17, 15) is 0 Å². The Kier molecular flexibility index (Phi) is 3.64. The van der Waals surface area contributed by atoms with Crippen LogP contribution in [0.25, 0.3) is 0 Å². The molecule has 1 aliphatic rings. The molecule has 112 valence electrons. The van der Waals surface area contributed by atoms with Gasteiger partial charge in [-0.15, -0.1) is 0 Å². The summed E-state index contributed by atoms with van der Waals surface area (Å²) in [5, 5.41) is 0. The molecule has 1 aliphatic heterocycles. The van der Waals surface area contributed by atoms with Crippen LogP contribution in [-0.2, 0) is 18.5 Å². The van der Waals surface area contributed by atoms with Gasteiger partial charge in [0.2, 0.25) is 0 Å². The Morgan fingerprint density at radius 2 is 2.10 bits per heavy atom. The monoisotopic (exact) mass is 284 g/mol. The third kappa shape index (κ3) is 2.76. The van der Waals surface area contributed by atoms with Crippen LogP contribution in [0.2, 0.25) is 0 Å². The zero-order valence-corrected chi connectivity index (χ0v) is 13.1. The molecule has 1 unspecified atom stereocenters. The van der Waals surface area contributed by atoms with Gasteiger partial charge in [-0.2, -0.15) is 0 Å². The van der Waals surface area contributed by atoms with Crippen molar-refractivity contribution in [1.82, 2.24) is 4.90 Å². The fourth-order valence-corrected chi connectivity index (χ4v) is 3.09. The number of nitrogens with zero attached hydrogens (tertiary/aromatic N) is 1. The van der Waals surface area contributed by atoms with Gasteiger partial charge in [0.05, 0.1) is 12.8 Å². The van der Waals surface area contributed by atoms with Gasteiger partial charge < -0.3 is 10.2 Å². The Bertz CT molecular complexity index is 611. The highest BCUT2D eigenvalue weighted by molar-refractivity contribution is 5.40. The van der Waals surface area contributed by atoms with Crippen molar-refractivity contribution in [2.45, 2.75) is 45.3 Å². The van der Waals surface area contributed by atoms with E-state index < -0.39 is 0 Å². The molecule has 3 heteroatoms. The minimum atomic E-state index is 0.169. The lowest BCUT2D eigenvalue weighted by Gasteiger charge is -2.24. The lowest BCUT2D eigenvalue weighted by molar-refractivity contribution is 0.194. The van der Waals surface area contributed by atoms with E-state index in [1.54, 1.807) is 6.26 Å². The fourth-order valence-electron chi connectivity index (χ4n) is 3.09. The van der Waals surface area contributed by atoms with Crippen molar-refractivity contribution < 1.29 is 4.42 Å². The molecular formula is C18H24N2O. The van der Waals surface area contributed by atoms with E-state index in [-0.39, 0.29) is 11.5 Å². The molecule has 0 aliphatic carbocycles. The van der Waals surface area contributed by atoms with Crippen LogP contribution in [0.1, 0.15) is 49.3 Å². The number of fused-ring (bicyclic) bond motifs is 1. The minimum Gasteiger partial charge on any atom is -0.468 e. The van der Waals surface area contributed by atoms with Gasteiger partial charge in [-0.3, -0.25) is 4.90 Å². The average Bonchev–Trinajstić information content (AvgIpc) is 3.04. The Labute approximate surface area is 126 Å². The molecule has 2 N–H and O–H groups in total. The molecular weight excluding hydrogens is 260 g/mol. The maximum atomic E-state index is 6.05. The first kappa shape index (κ1) is 14.4. The van der Waals surface area contributed by atoms with Crippen molar-refractivity contribution in [2.75, 3.05) is 6.54 Å². The molecule has 0 saturated heterocycles. The van der Waals surface area contributed by atoms with E-state index in [2.05, 4.69) is 43.9 Å². The van der Waals surface area contributed by atoms with Gasteiger partial charge in [0.1, 0.15) is 5.76 Å². The summed E-state index contributed by atoms with van der Waals surface area (Å²) in [5.74, 6) is 0.998. The molecule has 0 radical (unpaired) electrons. The van der Waals surface area contributed by atoms with Crippen LogP contribution in [0, 0.1) is 0 Å². The molecule has 2 heterocycles. The first-order chi connectivity index (χ1) is 9.99. The molecule has 1 aromatic heterocycles. The van der Waals surface area contributed by atoms with Crippen molar-refractivity contribution in [2.24, 2.45) is 5.73 Å². The summed E-state index contributed by atoms with van der Waals surface area (Å²) in [6, 6.07) is 11.1. The largest absolute Gasteiger partial charge is 0.468 e. The Morgan fingerprint density at radius 3 is 2.71 bits per heavy atom. The molecule has 3 rings (SSSR count). The Hall–Kier alpha value is -1.58. The van der Waals surface area contributed by atoms with Gasteiger partial charge in [-0.05, 0) is 34.2 Å². The SMILES string of the molecule is CC(C)(C)c1ccc2c(c1)C(CN)N(Cc1ccco1)C2. The zero-order valence-electron chi connectivity index (χ0n) is 13.1. The molecule has 1 atom stereocenters. The lowest BCUT2D eigenvalue weighted by atomic mass is 9.85. The van der Waals surface area contributed by atoms with Crippen LogP contribution >= 0.6 is 0 Å². The molecule has 3 nitrogen and oxygen atoms in total. The Morgan fingerprint density at radius 1 is 1.29 bits per heavy atom. The summed E-state index contributed by atoms with van der Waals surface area (Å²) >= 11 is 0. The van der Waals surface area contributed by atoms with Crippen LogP contribution < -0.4 is 5.73 Å². The summed E-state index contributed by atoms with van der Waals surface area (Å²) in [5.41, 5.74) is 10.4. The second-order valence-corrected chi connectivity index (χ2v) is 6.90. The van der Waals surface area contributed by atoms with Crippen LogP contribution in [0.4, 0.5) is 0 Å². The van der Waals surface area contributed by atoms with Crippen molar-refractivity contribution >= 4 is 0 Å². The fraction of sp³-hybridized carbons (Fsp3) is 0.444. The normalized spacial score (nSPS) is 19.0. The van der Waals surface area contributed by atoms with E-state index in [0.717, 1.165) is 18.8 Å². The molecule has 0 bridgehead atoms. The summed E-state index contributed by atoms with van der Waals surface area (Å²) in [6.07, 6.45) is 1.73. The number of nitrogens with two attached hydrogens (primary N) is 1. The summed E-state index contributed by atoms with van der Waals surface area (Å²) in [6.45, 7) is 9.16. The molecule has 21 heavy (non-hydrogen) atoms. The first-order valence-corrected chi connectivity index (χ1v) is 7.59. The second-order valence-electron chi connectivity index (χ2n) is 6.90. The standard InChI is InChI=1S/C18H24N2O/c1-18(2,3)14-7-6-13-11-20(12-15-5-4-8-21-15)17(10-19)16(13)9-14/h4-9,17H,10-12,19H2,1-3H3. The van der Waals surface area contributed by atoms with Gasteiger partial charge in [0.15, 0.2) is 0 Å². The van der Waals surface area contributed by atoms with Gasteiger partial charge >= 0.3 is 0 Å². The number of hydrogen-bond acceptors (Lipinski definition) is 3. The molecule has 2 aromatic rings. The molecule has 0 spiro atoms. The van der Waals surface area contributed by atoms with Gasteiger partial charge in [0.25, 0.3) is 0 Å². The number of hydrogen-bond donors (Lipinski definition) is 1. The van der Waals surface area contributed by atoms with Crippen molar-refractivity contribution in [1.29, 1.82) is 0 Å². The topological polar surface area (TPSA) is 42.4 Å². The first-order valence-electron chi connectivity index (χ1n) is 7.59. The molecule has 0 amide bonds. The third-order valence-electron chi connectivity index (χ3n) is 4.35. The van der Waals surface area contributed by atoms with Crippen LogP contribution in [-0.4, -0.2) is 11.4 Å². The van der Waals surface area contributed by atoms with E-state index in [1.807, 2.05) is 12.1 Å². The maximum Gasteiger partial charge on any atom is 0.117 e. The molecule has 0 saturated carbocycles. The van der Waals surface area contributed by atoms with Gasteiger partial charge in [0, 0.05) is 19.1 Å². The smallest absolute Gasteiger partial charge is 0.117 e. The van der Waals surface area contributed by atoms with Crippen molar-refractivity contribution in [3.05, 3.63) is 59.0 Å². The zero-order chi connectivity index (χ0) is 15.0. The quantitative estimate of drug-likeness (QED) is 0.936. The predicted molar refractivity (Wildman–Crippen MR) is 84.9 cm³/mol. The highest BCUT2D eigenvalue weighted by Gasteiger charge is 2.30. The van der Waals surface area contributed by atoms with Crippen LogP contribution in [0.15, 0.2) is 41.0 Å². The van der Waals surface area contributed by atoms with Crippen LogP contribution in [0.5, 0.6) is 0 Å². The van der Waals surface area contributed by atoms with E-state index in [1.165, 1.54) is 16.7 Å². The van der Waals surface area contributed by atoms with Crippen molar-refractivity contribution in [3.63, 3.8) is 0 Å². The number of rotatable bonds is 3. The predicted octanol–water partition coefficient (Wildman–Crippen LogP) is 3.59. The van der Waals surface area contributed by atoms with Gasteiger partial charge in [-0.1, -0.05) is 39.0 Å². The van der Waals surface area contributed by atoms with Crippen LogP contribution in [0.3, 0.4) is 0 Å². The summed E-state index contributed by atoms with van der Waals surface area (Å²) in [7, 11) is 0. The number of benzene rings is 1. The average molecular weight is 284 g/mol. The number of furan rings is 1. The molecule has 1 aromatic carbocycles. The van der Waals surface area contributed by atoms with E-state index >= 15 is 0 Å². The molecule has 0 fully saturated rings. The maximum absolute atomic E-state index is 6.05. The Balaban J connectivity index is 1.89. The lowest BCUT2D eigenvalue weighted by Crippen LogP contribution is -2.27. The summed E-state index contributed by atoms with van der Waals surface area (Å²) < 4.78 is 5.48. The highest BCUT2D eigenvalue weighted by Crippen LogP contribution is 2.37. The minimum absolute atomic E-state index is 0.169. The highest BCUT2D eigenvalue weighted by atomic mass is 16.3. The summed E-state index contributed by atoms with van der Waals surface area (Å²) in [4.78, 5) is 2.40. The van der Waals surface area contributed by atoms with Crippen molar-refractivity contribution in [3.8, 4) is 0 Å². The van der Waals surface area contributed by atoms with Gasteiger partial charge in [-0.25, -0.2) is 0 Å². The van der Waals surface area contributed by atoms with E-state index in [0.29, 0.717) is 6.54 Å².